The predicted octanol–water partition coefficient (Wildman–Crippen LogP) is 5.44. The Hall–Kier alpha value is -3.65. The van der Waals surface area contributed by atoms with Crippen LogP contribution >= 0.6 is 11.3 Å². The lowest BCUT2D eigenvalue weighted by Crippen LogP contribution is -2.55. The summed E-state index contributed by atoms with van der Waals surface area (Å²) in [6.45, 7) is 7.79. The van der Waals surface area contributed by atoms with E-state index in [0.717, 1.165) is 22.6 Å². The van der Waals surface area contributed by atoms with E-state index in [1.807, 2.05) is 73.8 Å². The molecule has 2 heterocycles. The smallest absolute Gasteiger partial charge is 0.336 e. The molecule has 0 aliphatic carbocycles. The quantitative estimate of drug-likeness (QED) is 0.396. The van der Waals surface area contributed by atoms with E-state index in [1.165, 1.54) is 11.3 Å². The summed E-state index contributed by atoms with van der Waals surface area (Å²) in [6, 6.07) is 17.3. The fourth-order valence-corrected chi connectivity index (χ4v) is 5.98. The van der Waals surface area contributed by atoms with Crippen LogP contribution in [0.5, 0.6) is 5.75 Å². The van der Waals surface area contributed by atoms with Crippen LogP contribution in [0.1, 0.15) is 44.2 Å². The number of hydrogen-bond donors (Lipinski definition) is 1. The lowest BCUT2D eigenvalue weighted by atomic mass is 9.67. The molecule has 0 radical (unpaired) electrons. The molecule has 1 N–H and O–H groups in total. The second-order valence-electron chi connectivity index (χ2n) is 8.97. The second kappa shape index (κ2) is 11.2. The van der Waals surface area contributed by atoms with Crippen molar-refractivity contribution >= 4 is 23.3 Å². The maximum Gasteiger partial charge on any atom is 0.336 e. The van der Waals surface area contributed by atoms with Crippen LogP contribution in [0.25, 0.3) is 11.3 Å². The fraction of sp³-hybridized carbons (Fsp3) is 0.345. The molecule has 8 heteroatoms. The molecule has 1 aliphatic heterocycles. The summed E-state index contributed by atoms with van der Waals surface area (Å²) >= 11 is 1.46. The number of carbonyl (C=O) groups excluding carboxylic acids is 2. The third kappa shape index (κ3) is 5.11. The van der Waals surface area contributed by atoms with Gasteiger partial charge in [-0.3, -0.25) is 4.79 Å². The molecular formula is C29H32N2O5S. The van der Waals surface area contributed by atoms with Gasteiger partial charge in [0.1, 0.15) is 16.3 Å². The summed E-state index contributed by atoms with van der Waals surface area (Å²) in [5, 5.41) is 6.16. The number of methoxy groups -OCH3 is 1. The number of rotatable bonds is 8. The molecule has 3 aromatic rings. The highest BCUT2D eigenvalue weighted by Crippen LogP contribution is 2.49. The van der Waals surface area contributed by atoms with Crippen LogP contribution in [0, 0.1) is 5.92 Å². The standard InChI is InChI=1S/C29H32N2O5S/c1-6-35-26(32)23-18(3)31-29(4,25(27(33)36-7-2)24(23)19-12-9-8-10-13-19)28-30-22(17-37-28)20-14-11-15-21(16-20)34-5/h8-17,24-25,31H,6-7H2,1-5H3. The van der Waals surface area contributed by atoms with Gasteiger partial charge < -0.3 is 19.5 Å². The van der Waals surface area contributed by atoms with Crippen LogP contribution in [0.4, 0.5) is 0 Å². The van der Waals surface area contributed by atoms with Gasteiger partial charge in [-0.15, -0.1) is 11.3 Å². The number of thiazole rings is 1. The maximum atomic E-state index is 13.7. The van der Waals surface area contributed by atoms with Gasteiger partial charge in [-0.05, 0) is 45.4 Å². The van der Waals surface area contributed by atoms with Crippen LogP contribution in [-0.4, -0.2) is 37.2 Å². The van der Waals surface area contributed by atoms with Gasteiger partial charge >= 0.3 is 11.9 Å². The molecule has 1 aliphatic rings. The number of hydrogen-bond acceptors (Lipinski definition) is 8. The van der Waals surface area contributed by atoms with Gasteiger partial charge in [0.25, 0.3) is 0 Å². The molecule has 0 amide bonds. The van der Waals surface area contributed by atoms with E-state index >= 15 is 0 Å². The SMILES string of the molecule is CCOC(=O)C1=C(C)NC(C)(c2nc(-c3cccc(OC)c3)cs2)C(C(=O)OCC)C1c1ccccc1. The lowest BCUT2D eigenvalue weighted by molar-refractivity contribution is -0.152. The Kier molecular flexibility index (Phi) is 7.97. The monoisotopic (exact) mass is 520 g/mol. The number of esters is 2. The molecule has 0 saturated heterocycles. The van der Waals surface area contributed by atoms with E-state index in [2.05, 4.69) is 5.32 Å². The summed E-state index contributed by atoms with van der Waals surface area (Å²) in [4.78, 5) is 31.9. The molecule has 2 aromatic carbocycles. The van der Waals surface area contributed by atoms with E-state index < -0.39 is 29.3 Å². The van der Waals surface area contributed by atoms with Gasteiger partial charge in [0.05, 0.1) is 37.5 Å². The lowest BCUT2D eigenvalue weighted by Gasteiger charge is -2.45. The Balaban J connectivity index is 1.89. The summed E-state index contributed by atoms with van der Waals surface area (Å²) in [6.07, 6.45) is 0. The van der Waals surface area contributed by atoms with E-state index in [1.54, 1.807) is 21.0 Å². The van der Waals surface area contributed by atoms with Crippen molar-refractivity contribution < 1.29 is 23.8 Å². The highest BCUT2D eigenvalue weighted by atomic mass is 32.1. The first-order chi connectivity index (χ1) is 17.8. The van der Waals surface area contributed by atoms with Gasteiger partial charge in [0.2, 0.25) is 0 Å². The molecule has 194 valence electrons. The Morgan fingerprint density at radius 1 is 1.05 bits per heavy atom. The maximum absolute atomic E-state index is 13.7. The van der Waals surface area contributed by atoms with Gasteiger partial charge in [-0.1, -0.05) is 42.5 Å². The summed E-state index contributed by atoms with van der Waals surface area (Å²) < 4.78 is 16.4. The number of nitrogens with one attached hydrogen (secondary N) is 1. The molecule has 0 bridgehead atoms. The van der Waals surface area contributed by atoms with E-state index in [-0.39, 0.29) is 13.2 Å². The van der Waals surface area contributed by atoms with Crippen molar-refractivity contribution in [1.29, 1.82) is 0 Å². The minimum atomic E-state index is -0.950. The van der Waals surface area contributed by atoms with Crippen molar-refractivity contribution in [3.63, 3.8) is 0 Å². The number of carbonyl (C=O) groups is 2. The van der Waals surface area contributed by atoms with Crippen molar-refractivity contribution in [2.45, 2.75) is 39.2 Å². The van der Waals surface area contributed by atoms with Crippen LogP contribution in [0.3, 0.4) is 0 Å². The highest BCUT2D eigenvalue weighted by Gasteiger charge is 2.54. The molecule has 0 fully saturated rings. The Labute approximate surface area is 221 Å². The number of ether oxygens (including phenoxy) is 3. The Bertz CT molecular complexity index is 1300. The largest absolute Gasteiger partial charge is 0.497 e. The average Bonchev–Trinajstić information content (AvgIpc) is 3.40. The van der Waals surface area contributed by atoms with Gasteiger partial charge in [0, 0.05) is 22.6 Å². The van der Waals surface area contributed by atoms with Gasteiger partial charge in [0.15, 0.2) is 0 Å². The zero-order chi connectivity index (χ0) is 26.6. The summed E-state index contributed by atoms with van der Waals surface area (Å²) in [5.41, 5.74) is 2.64. The third-order valence-electron chi connectivity index (χ3n) is 6.63. The average molecular weight is 521 g/mol. The first kappa shape index (κ1) is 26.4. The van der Waals surface area contributed by atoms with Crippen molar-refractivity contribution in [1.82, 2.24) is 10.3 Å². The second-order valence-corrected chi connectivity index (χ2v) is 9.83. The molecule has 4 rings (SSSR count). The first-order valence-corrected chi connectivity index (χ1v) is 13.2. The normalized spacial score (nSPS) is 21.2. The number of allylic oxidation sites excluding steroid dienone is 1. The first-order valence-electron chi connectivity index (χ1n) is 12.3. The van der Waals surface area contributed by atoms with Crippen LogP contribution in [0.2, 0.25) is 0 Å². The predicted molar refractivity (Wildman–Crippen MR) is 143 cm³/mol. The van der Waals surface area contributed by atoms with Crippen LogP contribution in [-0.2, 0) is 24.6 Å². The van der Waals surface area contributed by atoms with Crippen LogP contribution in [0.15, 0.2) is 71.2 Å². The van der Waals surface area contributed by atoms with Crippen molar-refractivity contribution in [2.24, 2.45) is 5.92 Å². The van der Waals surface area contributed by atoms with E-state index in [9.17, 15) is 9.59 Å². The minimum absolute atomic E-state index is 0.220. The van der Waals surface area contributed by atoms with Crippen molar-refractivity contribution in [3.8, 4) is 17.0 Å². The fourth-order valence-electron chi connectivity index (χ4n) is 4.99. The molecule has 1 aromatic heterocycles. The molecular weight excluding hydrogens is 488 g/mol. The number of benzene rings is 2. The molecule has 3 unspecified atom stereocenters. The van der Waals surface area contributed by atoms with Crippen molar-refractivity contribution in [2.75, 3.05) is 20.3 Å². The zero-order valence-electron chi connectivity index (χ0n) is 21.7. The van der Waals surface area contributed by atoms with Gasteiger partial charge in [-0.2, -0.15) is 0 Å². The minimum Gasteiger partial charge on any atom is -0.497 e. The summed E-state index contributed by atoms with van der Waals surface area (Å²) in [5.74, 6) is -1.48. The Morgan fingerprint density at radius 2 is 1.78 bits per heavy atom. The molecule has 3 atom stereocenters. The zero-order valence-corrected chi connectivity index (χ0v) is 22.6. The highest BCUT2D eigenvalue weighted by molar-refractivity contribution is 7.10. The molecule has 7 nitrogen and oxygen atoms in total. The Morgan fingerprint density at radius 3 is 2.46 bits per heavy atom. The topological polar surface area (TPSA) is 86.8 Å². The number of aromatic nitrogens is 1. The molecule has 0 saturated carbocycles. The van der Waals surface area contributed by atoms with E-state index in [4.69, 9.17) is 19.2 Å². The molecule has 0 spiro atoms. The summed E-state index contributed by atoms with van der Waals surface area (Å²) in [7, 11) is 1.63. The van der Waals surface area contributed by atoms with Crippen LogP contribution < -0.4 is 10.1 Å². The van der Waals surface area contributed by atoms with Gasteiger partial charge in [-0.25, -0.2) is 9.78 Å². The van der Waals surface area contributed by atoms with E-state index in [0.29, 0.717) is 16.3 Å². The third-order valence-corrected chi connectivity index (χ3v) is 7.71. The van der Waals surface area contributed by atoms with Crippen molar-refractivity contribution in [3.05, 3.63) is 81.8 Å². The molecule has 37 heavy (non-hydrogen) atoms. The number of nitrogens with zero attached hydrogens (tertiary/aromatic N) is 1.